The van der Waals surface area contributed by atoms with Crippen molar-refractivity contribution in [2.45, 2.75) is 6.42 Å². The van der Waals surface area contributed by atoms with Crippen molar-refractivity contribution in [1.82, 2.24) is 15.3 Å². The Kier molecular flexibility index (Phi) is 5.80. The molecule has 2 rings (SSSR count). The van der Waals surface area contributed by atoms with Crippen molar-refractivity contribution in [2.75, 3.05) is 13.2 Å². The van der Waals surface area contributed by atoms with Gasteiger partial charge in [0.05, 0.1) is 22.8 Å². The summed E-state index contributed by atoms with van der Waals surface area (Å²) in [4.78, 5) is 19.4. The van der Waals surface area contributed by atoms with Gasteiger partial charge in [0.2, 0.25) is 0 Å². The van der Waals surface area contributed by atoms with Gasteiger partial charge in [-0.3, -0.25) is 9.78 Å². The first-order valence-electron chi connectivity index (χ1n) is 6.43. The summed E-state index contributed by atoms with van der Waals surface area (Å²) in [5, 5.41) is 12.5. The zero-order valence-electron chi connectivity index (χ0n) is 11.4. The fraction of sp³-hybridized carbons (Fsp3) is 0.214. The summed E-state index contributed by atoms with van der Waals surface area (Å²) in [5.41, 5.74) is 0.257. The van der Waals surface area contributed by atoms with E-state index in [1.54, 1.807) is 0 Å². The van der Waals surface area contributed by atoms with Crippen LogP contribution in [-0.4, -0.2) is 34.1 Å². The first kappa shape index (κ1) is 16.3. The topological polar surface area (TPSA) is 84.3 Å². The van der Waals surface area contributed by atoms with Crippen LogP contribution in [0.3, 0.4) is 0 Å². The van der Waals surface area contributed by atoms with Gasteiger partial charge in [0.15, 0.2) is 5.75 Å². The number of phenols is 1. The van der Waals surface area contributed by atoms with E-state index in [4.69, 9.17) is 27.9 Å². The lowest BCUT2D eigenvalue weighted by atomic mass is 10.3. The standard InChI is InChI=1S/C14H13Cl2N3O3/c15-10-6-9(20)7-11(16)13(10)22-5-1-2-19-14(21)12-8-17-3-4-18-12/h3-4,6-8,20H,1-2,5H2,(H,19,21). The van der Waals surface area contributed by atoms with E-state index in [1.807, 2.05) is 0 Å². The van der Waals surface area contributed by atoms with Crippen LogP contribution in [0.1, 0.15) is 16.9 Å². The Morgan fingerprint density at radius 1 is 1.27 bits per heavy atom. The molecule has 0 atom stereocenters. The van der Waals surface area contributed by atoms with E-state index in [-0.39, 0.29) is 27.4 Å². The molecule has 0 saturated heterocycles. The minimum atomic E-state index is -0.297. The molecule has 0 radical (unpaired) electrons. The van der Waals surface area contributed by atoms with Gasteiger partial charge in [-0.1, -0.05) is 23.2 Å². The number of aromatic nitrogens is 2. The molecule has 1 heterocycles. The van der Waals surface area contributed by atoms with Gasteiger partial charge in [0.1, 0.15) is 11.4 Å². The van der Waals surface area contributed by atoms with Gasteiger partial charge in [-0.05, 0) is 6.42 Å². The van der Waals surface area contributed by atoms with Crippen molar-refractivity contribution in [3.8, 4) is 11.5 Å². The summed E-state index contributed by atoms with van der Waals surface area (Å²) in [6.45, 7) is 0.716. The number of amides is 1. The predicted molar refractivity (Wildman–Crippen MR) is 82.6 cm³/mol. The molecule has 22 heavy (non-hydrogen) atoms. The molecule has 2 N–H and O–H groups in total. The minimum absolute atomic E-state index is 0.0291. The number of nitrogens with one attached hydrogen (secondary N) is 1. The number of aromatic hydroxyl groups is 1. The number of carbonyl (C=O) groups is 1. The molecular weight excluding hydrogens is 329 g/mol. The summed E-state index contributed by atoms with van der Waals surface area (Å²) >= 11 is 11.8. The second kappa shape index (κ2) is 7.82. The third kappa shape index (κ3) is 4.47. The Bertz CT molecular complexity index is 630. The van der Waals surface area contributed by atoms with Crippen LogP contribution in [0.5, 0.6) is 11.5 Å². The van der Waals surface area contributed by atoms with Gasteiger partial charge >= 0.3 is 0 Å². The second-order valence-electron chi connectivity index (χ2n) is 4.29. The molecule has 0 saturated carbocycles. The van der Waals surface area contributed by atoms with E-state index in [2.05, 4.69) is 15.3 Å². The summed E-state index contributed by atoms with van der Waals surface area (Å²) in [5.74, 6) is -0.0197. The predicted octanol–water partition coefficient (Wildman–Crippen LogP) is 2.69. The van der Waals surface area contributed by atoms with Crippen molar-refractivity contribution in [3.05, 3.63) is 46.5 Å². The van der Waals surface area contributed by atoms with Crippen LogP contribution in [0.25, 0.3) is 0 Å². The average molecular weight is 342 g/mol. The van der Waals surface area contributed by atoms with Crippen molar-refractivity contribution < 1.29 is 14.6 Å². The zero-order valence-corrected chi connectivity index (χ0v) is 12.9. The van der Waals surface area contributed by atoms with Crippen LogP contribution < -0.4 is 10.1 Å². The molecule has 0 aliphatic heterocycles. The number of rotatable bonds is 6. The first-order valence-corrected chi connectivity index (χ1v) is 7.18. The maximum Gasteiger partial charge on any atom is 0.271 e. The summed E-state index contributed by atoms with van der Waals surface area (Å²) in [6, 6.07) is 2.69. The minimum Gasteiger partial charge on any atom is -0.508 e. The molecule has 0 fully saturated rings. The van der Waals surface area contributed by atoms with Crippen molar-refractivity contribution in [3.63, 3.8) is 0 Å². The molecule has 116 valence electrons. The maximum atomic E-state index is 11.7. The van der Waals surface area contributed by atoms with Crippen LogP contribution in [0, 0.1) is 0 Å². The molecule has 0 aliphatic rings. The Balaban J connectivity index is 1.75. The van der Waals surface area contributed by atoms with Crippen LogP contribution in [-0.2, 0) is 0 Å². The number of carbonyl (C=O) groups excluding carboxylic acids is 1. The van der Waals surface area contributed by atoms with E-state index in [0.717, 1.165) is 0 Å². The van der Waals surface area contributed by atoms with E-state index in [1.165, 1.54) is 30.7 Å². The van der Waals surface area contributed by atoms with Gasteiger partial charge in [-0.15, -0.1) is 0 Å². The largest absolute Gasteiger partial charge is 0.508 e. The van der Waals surface area contributed by atoms with Gasteiger partial charge in [-0.2, -0.15) is 0 Å². The third-order valence-electron chi connectivity index (χ3n) is 2.63. The molecule has 1 amide bonds. The zero-order chi connectivity index (χ0) is 15.9. The van der Waals surface area contributed by atoms with E-state index < -0.39 is 0 Å². The Morgan fingerprint density at radius 2 is 2.00 bits per heavy atom. The molecule has 0 spiro atoms. The molecule has 0 unspecified atom stereocenters. The highest BCUT2D eigenvalue weighted by atomic mass is 35.5. The Labute approximate surface area is 137 Å². The highest BCUT2D eigenvalue weighted by molar-refractivity contribution is 6.37. The van der Waals surface area contributed by atoms with Gasteiger partial charge in [-0.25, -0.2) is 4.98 Å². The van der Waals surface area contributed by atoms with E-state index in [9.17, 15) is 9.90 Å². The number of hydrogen-bond acceptors (Lipinski definition) is 5. The van der Waals surface area contributed by atoms with E-state index >= 15 is 0 Å². The fourth-order valence-electron chi connectivity index (χ4n) is 1.64. The second-order valence-corrected chi connectivity index (χ2v) is 5.10. The van der Waals surface area contributed by atoms with Crippen LogP contribution in [0.2, 0.25) is 10.0 Å². The van der Waals surface area contributed by atoms with Gasteiger partial charge in [0, 0.05) is 31.1 Å². The number of phenolic OH excluding ortho intramolecular Hbond substituents is 1. The summed E-state index contributed by atoms with van der Waals surface area (Å²) in [7, 11) is 0. The lowest BCUT2D eigenvalue weighted by molar-refractivity contribution is 0.0946. The maximum absolute atomic E-state index is 11.7. The van der Waals surface area contributed by atoms with Crippen LogP contribution >= 0.6 is 23.2 Å². The number of hydrogen-bond donors (Lipinski definition) is 2. The molecule has 0 bridgehead atoms. The summed E-state index contributed by atoms with van der Waals surface area (Å²) < 4.78 is 5.46. The van der Waals surface area contributed by atoms with E-state index in [0.29, 0.717) is 25.3 Å². The third-order valence-corrected chi connectivity index (χ3v) is 3.19. The SMILES string of the molecule is O=C(NCCCOc1c(Cl)cc(O)cc1Cl)c1cnccn1. The molecule has 2 aromatic rings. The molecule has 0 aliphatic carbocycles. The number of nitrogens with zero attached hydrogens (tertiary/aromatic N) is 2. The Hall–Kier alpha value is -2.05. The first-order chi connectivity index (χ1) is 10.6. The monoisotopic (exact) mass is 341 g/mol. The fourth-order valence-corrected chi connectivity index (χ4v) is 2.22. The van der Waals surface area contributed by atoms with Crippen molar-refractivity contribution >= 4 is 29.1 Å². The quantitative estimate of drug-likeness (QED) is 0.789. The molecule has 8 heteroatoms. The number of halogens is 2. The number of benzene rings is 1. The average Bonchev–Trinajstić information content (AvgIpc) is 2.49. The Morgan fingerprint density at radius 3 is 2.64 bits per heavy atom. The van der Waals surface area contributed by atoms with Crippen molar-refractivity contribution in [2.24, 2.45) is 0 Å². The lowest BCUT2D eigenvalue weighted by Gasteiger charge is -2.10. The summed E-state index contributed by atoms with van der Waals surface area (Å²) in [6.07, 6.45) is 4.89. The molecule has 6 nitrogen and oxygen atoms in total. The smallest absolute Gasteiger partial charge is 0.271 e. The molecule has 1 aromatic carbocycles. The van der Waals surface area contributed by atoms with Gasteiger partial charge in [0.25, 0.3) is 5.91 Å². The highest BCUT2D eigenvalue weighted by Crippen LogP contribution is 2.36. The molecule has 1 aromatic heterocycles. The highest BCUT2D eigenvalue weighted by Gasteiger charge is 2.10. The normalized spacial score (nSPS) is 10.3. The lowest BCUT2D eigenvalue weighted by Crippen LogP contribution is -2.26. The van der Waals surface area contributed by atoms with Gasteiger partial charge < -0.3 is 15.2 Å². The van der Waals surface area contributed by atoms with Crippen LogP contribution in [0.4, 0.5) is 0 Å². The van der Waals surface area contributed by atoms with Crippen molar-refractivity contribution in [1.29, 1.82) is 0 Å². The number of ether oxygens (including phenoxy) is 1. The van der Waals surface area contributed by atoms with Crippen LogP contribution in [0.15, 0.2) is 30.7 Å². The molecular formula is C14H13Cl2N3O3.